The predicted molar refractivity (Wildman–Crippen MR) is 183 cm³/mol. The van der Waals surface area contributed by atoms with E-state index in [0.29, 0.717) is 16.3 Å². The third-order valence-corrected chi connectivity index (χ3v) is 10.5. The van der Waals surface area contributed by atoms with E-state index >= 15 is 0 Å². The van der Waals surface area contributed by atoms with E-state index in [0.717, 1.165) is 47.5 Å². The maximum Gasteiger partial charge on any atom is 0.264 e. The molecular weight excluding hydrogens is 618 g/mol. The van der Waals surface area contributed by atoms with Crippen LogP contribution < -0.4 is 9.62 Å². The van der Waals surface area contributed by atoms with Crippen molar-refractivity contribution >= 4 is 39.1 Å². The van der Waals surface area contributed by atoms with E-state index in [4.69, 9.17) is 11.6 Å². The van der Waals surface area contributed by atoms with Crippen LogP contribution in [-0.4, -0.2) is 43.8 Å². The van der Waals surface area contributed by atoms with Gasteiger partial charge >= 0.3 is 0 Å². The van der Waals surface area contributed by atoms with Gasteiger partial charge in [-0.05, 0) is 60.7 Å². The van der Waals surface area contributed by atoms with Gasteiger partial charge in [-0.15, -0.1) is 0 Å². The van der Waals surface area contributed by atoms with Crippen molar-refractivity contribution in [1.82, 2.24) is 10.2 Å². The molecule has 0 heterocycles. The topological polar surface area (TPSA) is 86.8 Å². The Kier molecular flexibility index (Phi) is 11.1. The van der Waals surface area contributed by atoms with Crippen LogP contribution >= 0.6 is 11.6 Å². The van der Waals surface area contributed by atoms with Gasteiger partial charge in [-0.2, -0.15) is 0 Å². The fourth-order valence-corrected chi connectivity index (χ4v) is 7.62. The summed E-state index contributed by atoms with van der Waals surface area (Å²) in [5.41, 5.74) is 2.67. The van der Waals surface area contributed by atoms with Crippen LogP contribution in [-0.2, 0) is 32.6 Å². The van der Waals surface area contributed by atoms with Gasteiger partial charge in [0.1, 0.15) is 12.6 Å². The molecule has 0 aliphatic heterocycles. The average Bonchev–Trinajstić information content (AvgIpc) is 3.08. The lowest BCUT2D eigenvalue weighted by Crippen LogP contribution is -2.55. The van der Waals surface area contributed by atoms with Crippen LogP contribution in [0.2, 0.25) is 5.02 Å². The molecule has 2 amide bonds. The Morgan fingerprint density at radius 1 is 0.826 bits per heavy atom. The van der Waals surface area contributed by atoms with E-state index in [1.807, 2.05) is 60.7 Å². The highest BCUT2D eigenvalue weighted by Crippen LogP contribution is 2.30. The van der Waals surface area contributed by atoms with Crippen LogP contribution in [0.5, 0.6) is 0 Å². The van der Waals surface area contributed by atoms with Crippen molar-refractivity contribution in [3.8, 4) is 0 Å². The van der Waals surface area contributed by atoms with Crippen molar-refractivity contribution < 1.29 is 18.0 Å². The smallest absolute Gasteiger partial charge is 0.264 e. The molecule has 1 saturated carbocycles. The number of benzene rings is 4. The highest BCUT2D eigenvalue weighted by molar-refractivity contribution is 7.92. The minimum absolute atomic E-state index is 0.0391. The van der Waals surface area contributed by atoms with Crippen molar-refractivity contribution in [2.45, 2.75) is 69.0 Å². The number of rotatable bonds is 12. The molecule has 4 aromatic rings. The van der Waals surface area contributed by atoms with Crippen LogP contribution in [0.25, 0.3) is 0 Å². The summed E-state index contributed by atoms with van der Waals surface area (Å²) in [7, 11) is -4.20. The molecule has 0 spiro atoms. The first-order valence-corrected chi connectivity index (χ1v) is 17.6. The molecule has 46 heavy (non-hydrogen) atoms. The number of amides is 2. The van der Waals surface area contributed by atoms with Crippen LogP contribution in [0.4, 0.5) is 5.69 Å². The van der Waals surface area contributed by atoms with Gasteiger partial charge in [0, 0.05) is 24.0 Å². The molecule has 1 atom stereocenters. The minimum Gasteiger partial charge on any atom is -0.352 e. The van der Waals surface area contributed by atoms with Gasteiger partial charge < -0.3 is 10.2 Å². The monoisotopic (exact) mass is 657 g/mol. The SMILES string of the molecule is Cc1ccc(Cl)cc1N(CC(=O)N(Cc1ccccc1)[C@@H](Cc1ccccc1)C(=O)NC1CCCCC1)S(=O)(=O)c1ccccc1. The number of nitrogens with zero attached hydrogens (tertiary/aromatic N) is 2. The second-order valence-electron chi connectivity index (χ2n) is 11.8. The number of hydrogen-bond donors (Lipinski definition) is 1. The Balaban J connectivity index is 1.57. The largest absolute Gasteiger partial charge is 0.352 e. The van der Waals surface area contributed by atoms with E-state index < -0.39 is 28.5 Å². The molecule has 4 aromatic carbocycles. The fourth-order valence-electron chi connectivity index (χ4n) is 5.96. The number of anilines is 1. The average molecular weight is 658 g/mol. The molecule has 0 aromatic heterocycles. The Morgan fingerprint density at radius 2 is 1.41 bits per heavy atom. The normalized spacial score (nSPS) is 14.3. The summed E-state index contributed by atoms with van der Waals surface area (Å²) in [4.78, 5) is 30.4. The zero-order valence-corrected chi connectivity index (χ0v) is 27.6. The van der Waals surface area contributed by atoms with Crippen molar-refractivity contribution in [3.63, 3.8) is 0 Å². The lowest BCUT2D eigenvalue weighted by atomic mass is 9.94. The number of nitrogens with one attached hydrogen (secondary N) is 1. The summed E-state index contributed by atoms with van der Waals surface area (Å²) >= 11 is 6.37. The molecule has 1 aliphatic carbocycles. The molecule has 1 fully saturated rings. The quantitative estimate of drug-likeness (QED) is 0.179. The Morgan fingerprint density at radius 3 is 2.04 bits per heavy atom. The van der Waals surface area contributed by atoms with E-state index in [1.54, 1.807) is 43.3 Å². The van der Waals surface area contributed by atoms with E-state index in [9.17, 15) is 18.0 Å². The molecular formula is C37H40ClN3O4S. The van der Waals surface area contributed by atoms with Gasteiger partial charge in [-0.1, -0.05) is 116 Å². The van der Waals surface area contributed by atoms with Crippen molar-refractivity contribution in [2.24, 2.45) is 0 Å². The molecule has 0 radical (unpaired) electrons. The Bertz CT molecular complexity index is 1710. The first kappa shape index (κ1) is 33.2. The maximum atomic E-state index is 14.6. The van der Waals surface area contributed by atoms with Crippen LogP contribution in [0.1, 0.15) is 48.8 Å². The van der Waals surface area contributed by atoms with Crippen molar-refractivity contribution in [2.75, 3.05) is 10.8 Å². The zero-order valence-electron chi connectivity index (χ0n) is 26.0. The molecule has 0 unspecified atom stereocenters. The molecule has 1 N–H and O–H groups in total. The molecule has 7 nitrogen and oxygen atoms in total. The van der Waals surface area contributed by atoms with Gasteiger partial charge in [0.2, 0.25) is 11.8 Å². The summed E-state index contributed by atoms with van der Waals surface area (Å²) in [6.07, 6.45) is 5.31. The van der Waals surface area contributed by atoms with Crippen LogP contribution in [0.3, 0.4) is 0 Å². The van der Waals surface area contributed by atoms with Crippen molar-refractivity contribution in [3.05, 3.63) is 131 Å². The van der Waals surface area contributed by atoms with Gasteiger partial charge in [0.15, 0.2) is 0 Å². The zero-order chi connectivity index (χ0) is 32.5. The van der Waals surface area contributed by atoms with Gasteiger partial charge in [0.05, 0.1) is 10.6 Å². The summed E-state index contributed by atoms with van der Waals surface area (Å²) in [5.74, 6) is -0.737. The first-order chi connectivity index (χ1) is 22.2. The summed E-state index contributed by atoms with van der Waals surface area (Å²) in [5, 5.41) is 3.58. The van der Waals surface area contributed by atoms with Crippen molar-refractivity contribution in [1.29, 1.82) is 0 Å². The Hall–Kier alpha value is -4.14. The first-order valence-electron chi connectivity index (χ1n) is 15.7. The van der Waals surface area contributed by atoms with E-state index in [2.05, 4.69) is 5.32 Å². The number of hydrogen-bond acceptors (Lipinski definition) is 4. The van der Waals surface area contributed by atoms with Gasteiger partial charge in [-0.3, -0.25) is 13.9 Å². The number of carbonyl (C=O) groups is 2. The standard InChI is InChI=1S/C37H40ClN3O4S/c1-28-22-23-31(38)25-34(28)41(46(44,45)33-20-12-5-13-21-33)27-36(42)40(26-30-16-8-3-9-17-30)35(24-29-14-6-2-7-15-29)37(43)39-32-18-10-4-11-19-32/h2-3,5-9,12-17,20-23,25,32,35H,4,10-11,18-19,24,26-27H2,1H3,(H,39,43)/t35-/m0/s1. The molecule has 5 rings (SSSR count). The second-order valence-corrected chi connectivity index (χ2v) is 14.1. The lowest BCUT2D eigenvalue weighted by Gasteiger charge is -2.35. The number of aryl methyl sites for hydroxylation is 1. The minimum atomic E-state index is -4.20. The number of carbonyl (C=O) groups excluding carboxylic acids is 2. The Labute approximate surface area is 277 Å². The van der Waals surface area contributed by atoms with Crippen LogP contribution in [0.15, 0.2) is 114 Å². The lowest BCUT2D eigenvalue weighted by molar-refractivity contribution is -0.140. The highest BCUT2D eigenvalue weighted by Gasteiger charge is 2.35. The predicted octanol–water partition coefficient (Wildman–Crippen LogP) is 6.93. The maximum absolute atomic E-state index is 14.6. The van der Waals surface area contributed by atoms with Crippen LogP contribution in [0, 0.1) is 6.92 Å². The summed E-state index contributed by atoms with van der Waals surface area (Å²) in [6, 6.07) is 31.2. The third-order valence-electron chi connectivity index (χ3n) is 8.47. The van der Waals surface area contributed by atoms with Gasteiger partial charge in [0.25, 0.3) is 10.0 Å². The molecule has 1 aliphatic rings. The number of sulfonamides is 1. The highest BCUT2D eigenvalue weighted by atomic mass is 35.5. The molecule has 240 valence electrons. The third kappa shape index (κ3) is 8.36. The van der Waals surface area contributed by atoms with Gasteiger partial charge in [-0.25, -0.2) is 8.42 Å². The molecule has 0 saturated heterocycles. The van der Waals surface area contributed by atoms with E-state index in [-0.39, 0.29) is 29.8 Å². The fraction of sp³-hybridized carbons (Fsp3) is 0.297. The van der Waals surface area contributed by atoms with E-state index in [1.165, 1.54) is 17.0 Å². The molecule has 0 bridgehead atoms. The molecule has 9 heteroatoms. The second kappa shape index (κ2) is 15.4. The summed E-state index contributed by atoms with van der Waals surface area (Å²) < 4.78 is 29.5. The summed E-state index contributed by atoms with van der Waals surface area (Å²) in [6.45, 7) is 1.39. The number of halogens is 1.